The van der Waals surface area contributed by atoms with Crippen LogP contribution in [0.3, 0.4) is 0 Å². The fraction of sp³-hybridized carbons (Fsp3) is 0.533. The van der Waals surface area contributed by atoms with Gasteiger partial charge in [0.15, 0.2) is 9.84 Å². The summed E-state index contributed by atoms with van der Waals surface area (Å²) in [6, 6.07) is 5.05. The second-order valence-electron chi connectivity index (χ2n) is 5.63. The van der Waals surface area contributed by atoms with E-state index in [9.17, 15) is 13.2 Å². The highest BCUT2D eigenvalue weighted by molar-refractivity contribution is 7.90. The molecule has 1 N–H and O–H groups in total. The van der Waals surface area contributed by atoms with E-state index in [4.69, 9.17) is 0 Å². The van der Waals surface area contributed by atoms with E-state index in [1.54, 1.807) is 17.0 Å². The quantitative estimate of drug-likeness (QED) is 0.912. The minimum atomic E-state index is -3.30. The standard InChI is InChI=1S/C15H22N2O3S/c1-11-6-7-13(21(3,19)20)9-14(11)15(18)17-8-4-5-12(10-17)16-2/h6-7,9,12,16H,4-5,8,10H2,1-3H3/t12-/m1/s1. The molecule has 0 spiro atoms. The van der Waals surface area contributed by atoms with Crippen LogP contribution in [-0.4, -0.2) is 51.7 Å². The number of aryl methyl sites for hydroxylation is 1. The van der Waals surface area contributed by atoms with Gasteiger partial charge in [-0.05, 0) is 44.5 Å². The SMILES string of the molecule is CN[C@@H]1CCCN(C(=O)c2cc(S(C)(=O)=O)ccc2C)C1. The van der Waals surface area contributed by atoms with Gasteiger partial charge in [0.25, 0.3) is 5.91 Å². The number of nitrogens with zero attached hydrogens (tertiary/aromatic N) is 1. The van der Waals surface area contributed by atoms with Crippen molar-refractivity contribution in [3.63, 3.8) is 0 Å². The van der Waals surface area contributed by atoms with Crippen LogP contribution in [0.4, 0.5) is 0 Å². The molecule has 1 saturated heterocycles. The van der Waals surface area contributed by atoms with E-state index in [2.05, 4.69) is 5.32 Å². The van der Waals surface area contributed by atoms with Gasteiger partial charge in [-0.3, -0.25) is 4.79 Å². The molecule has 1 amide bonds. The lowest BCUT2D eigenvalue weighted by Gasteiger charge is -2.33. The van der Waals surface area contributed by atoms with E-state index in [-0.39, 0.29) is 10.8 Å². The van der Waals surface area contributed by atoms with E-state index in [1.807, 2.05) is 14.0 Å². The van der Waals surface area contributed by atoms with Gasteiger partial charge in [0.05, 0.1) is 4.90 Å². The molecule has 0 bridgehead atoms. The summed E-state index contributed by atoms with van der Waals surface area (Å²) >= 11 is 0. The first kappa shape index (κ1) is 16.0. The third-order valence-electron chi connectivity index (χ3n) is 3.98. The predicted octanol–water partition coefficient (Wildman–Crippen LogP) is 1.22. The van der Waals surface area contributed by atoms with Gasteiger partial charge >= 0.3 is 0 Å². The molecule has 1 heterocycles. The van der Waals surface area contributed by atoms with Gasteiger partial charge in [0.2, 0.25) is 0 Å². The first-order chi connectivity index (χ1) is 9.82. The second-order valence-corrected chi connectivity index (χ2v) is 7.64. The summed E-state index contributed by atoms with van der Waals surface area (Å²) in [4.78, 5) is 14.7. The Balaban J connectivity index is 2.30. The van der Waals surface area contributed by atoms with Crippen LogP contribution in [0.1, 0.15) is 28.8 Å². The van der Waals surface area contributed by atoms with Gasteiger partial charge in [0, 0.05) is 31.0 Å². The highest BCUT2D eigenvalue weighted by atomic mass is 32.2. The maximum Gasteiger partial charge on any atom is 0.254 e. The van der Waals surface area contributed by atoms with E-state index in [0.29, 0.717) is 18.2 Å². The summed E-state index contributed by atoms with van der Waals surface area (Å²) in [7, 11) is -1.41. The molecule has 0 saturated carbocycles. The van der Waals surface area contributed by atoms with Crippen molar-refractivity contribution in [1.29, 1.82) is 0 Å². The van der Waals surface area contributed by atoms with Crippen LogP contribution in [0.2, 0.25) is 0 Å². The van der Waals surface area contributed by atoms with Crippen LogP contribution in [0.5, 0.6) is 0 Å². The van der Waals surface area contributed by atoms with Gasteiger partial charge in [0.1, 0.15) is 0 Å². The molecular weight excluding hydrogens is 288 g/mol. The number of hydrogen-bond donors (Lipinski definition) is 1. The number of likely N-dealkylation sites (N-methyl/N-ethyl adjacent to an activating group) is 1. The van der Waals surface area contributed by atoms with Gasteiger partial charge in [-0.15, -0.1) is 0 Å². The van der Waals surface area contributed by atoms with E-state index in [0.717, 1.165) is 31.2 Å². The number of piperidine rings is 1. The Labute approximate surface area is 126 Å². The predicted molar refractivity (Wildman–Crippen MR) is 82.3 cm³/mol. The Hall–Kier alpha value is -1.40. The lowest BCUT2D eigenvalue weighted by molar-refractivity contribution is 0.0697. The van der Waals surface area contributed by atoms with Crippen LogP contribution in [0, 0.1) is 6.92 Å². The monoisotopic (exact) mass is 310 g/mol. The number of carbonyl (C=O) groups is 1. The zero-order valence-electron chi connectivity index (χ0n) is 12.7. The van der Waals surface area contributed by atoms with Gasteiger partial charge in [-0.1, -0.05) is 6.07 Å². The maximum atomic E-state index is 12.7. The van der Waals surface area contributed by atoms with Crippen LogP contribution in [-0.2, 0) is 9.84 Å². The zero-order chi connectivity index (χ0) is 15.6. The average Bonchev–Trinajstić information content (AvgIpc) is 2.46. The number of benzene rings is 1. The van der Waals surface area contributed by atoms with Crippen molar-refractivity contribution in [2.75, 3.05) is 26.4 Å². The molecule has 6 heteroatoms. The molecule has 5 nitrogen and oxygen atoms in total. The number of carbonyl (C=O) groups excluding carboxylic acids is 1. The molecule has 2 rings (SSSR count). The Kier molecular flexibility index (Phi) is 4.68. The van der Waals surface area contributed by atoms with E-state index in [1.165, 1.54) is 6.07 Å². The van der Waals surface area contributed by atoms with Crippen LogP contribution >= 0.6 is 0 Å². The number of amides is 1. The van der Waals surface area contributed by atoms with Crippen molar-refractivity contribution >= 4 is 15.7 Å². The van der Waals surface area contributed by atoms with Crippen molar-refractivity contribution in [3.05, 3.63) is 29.3 Å². The molecule has 0 aromatic heterocycles. The number of rotatable bonds is 3. The molecule has 1 atom stereocenters. The molecule has 0 radical (unpaired) electrons. The summed E-state index contributed by atoms with van der Waals surface area (Å²) < 4.78 is 23.3. The smallest absolute Gasteiger partial charge is 0.254 e. The summed E-state index contributed by atoms with van der Waals surface area (Å²) in [5.74, 6) is -0.0852. The van der Waals surface area contributed by atoms with Crippen LogP contribution in [0.15, 0.2) is 23.1 Å². The van der Waals surface area contributed by atoms with Crippen LogP contribution in [0.25, 0.3) is 0 Å². The molecule has 1 aromatic rings. The first-order valence-electron chi connectivity index (χ1n) is 7.10. The molecule has 0 aliphatic carbocycles. The Morgan fingerprint density at radius 1 is 1.38 bits per heavy atom. The van der Waals surface area contributed by atoms with Gasteiger partial charge in [-0.25, -0.2) is 8.42 Å². The van der Waals surface area contributed by atoms with Crippen LogP contribution < -0.4 is 5.32 Å². The summed E-state index contributed by atoms with van der Waals surface area (Å²) in [6.07, 6.45) is 3.18. The molecule has 116 valence electrons. The van der Waals surface area contributed by atoms with Crippen molar-refractivity contribution in [2.45, 2.75) is 30.7 Å². The fourth-order valence-electron chi connectivity index (χ4n) is 2.63. The number of sulfone groups is 1. The molecule has 1 aromatic carbocycles. The highest BCUT2D eigenvalue weighted by Gasteiger charge is 2.25. The summed E-state index contributed by atoms with van der Waals surface area (Å²) in [5, 5.41) is 3.20. The summed E-state index contributed by atoms with van der Waals surface area (Å²) in [6.45, 7) is 3.22. The topological polar surface area (TPSA) is 66.5 Å². The molecule has 21 heavy (non-hydrogen) atoms. The Morgan fingerprint density at radius 2 is 2.10 bits per heavy atom. The highest BCUT2D eigenvalue weighted by Crippen LogP contribution is 2.19. The molecule has 1 aliphatic rings. The van der Waals surface area contributed by atoms with Gasteiger partial charge < -0.3 is 10.2 Å². The lowest BCUT2D eigenvalue weighted by Crippen LogP contribution is -2.47. The fourth-order valence-corrected chi connectivity index (χ4v) is 3.28. The minimum Gasteiger partial charge on any atom is -0.337 e. The van der Waals surface area contributed by atoms with Crippen molar-refractivity contribution in [3.8, 4) is 0 Å². The summed E-state index contributed by atoms with van der Waals surface area (Å²) in [5.41, 5.74) is 1.29. The molecular formula is C15H22N2O3S. The molecule has 0 unspecified atom stereocenters. The number of likely N-dealkylation sites (tertiary alicyclic amines) is 1. The third-order valence-corrected chi connectivity index (χ3v) is 5.09. The maximum absolute atomic E-state index is 12.7. The van der Waals surface area contributed by atoms with E-state index < -0.39 is 9.84 Å². The third kappa shape index (κ3) is 3.63. The average molecular weight is 310 g/mol. The van der Waals surface area contributed by atoms with Crippen molar-refractivity contribution in [2.24, 2.45) is 0 Å². The normalized spacial score (nSPS) is 19.6. The number of nitrogens with one attached hydrogen (secondary N) is 1. The van der Waals surface area contributed by atoms with E-state index >= 15 is 0 Å². The Bertz CT molecular complexity index is 640. The second kappa shape index (κ2) is 6.15. The van der Waals surface area contributed by atoms with Crippen molar-refractivity contribution < 1.29 is 13.2 Å². The Morgan fingerprint density at radius 3 is 2.71 bits per heavy atom. The molecule has 1 aliphatic heterocycles. The minimum absolute atomic E-state index is 0.0852. The molecule has 1 fully saturated rings. The lowest BCUT2D eigenvalue weighted by atomic mass is 10.0. The number of hydrogen-bond acceptors (Lipinski definition) is 4. The largest absolute Gasteiger partial charge is 0.337 e. The first-order valence-corrected chi connectivity index (χ1v) is 8.99. The van der Waals surface area contributed by atoms with Gasteiger partial charge in [-0.2, -0.15) is 0 Å². The zero-order valence-corrected chi connectivity index (χ0v) is 13.5. The van der Waals surface area contributed by atoms with Crippen molar-refractivity contribution in [1.82, 2.24) is 10.2 Å².